The molecule has 0 heterocycles. The summed E-state index contributed by atoms with van der Waals surface area (Å²) in [5, 5.41) is 2.63. The van der Waals surface area contributed by atoms with Crippen LogP contribution in [0.1, 0.15) is 15.9 Å². The van der Waals surface area contributed by atoms with E-state index in [1.54, 1.807) is 30.3 Å². The van der Waals surface area contributed by atoms with Crippen molar-refractivity contribution in [3.05, 3.63) is 77.9 Å². The van der Waals surface area contributed by atoms with Crippen molar-refractivity contribution in [2.45, 2.75) is 11.8 Å². The minimum atomic E-state index is -3.91. The van der Waals surface area contributed by atoms with Gasteiger partial charge >= 0.3 is 0 Å². The fourth-order valence-corrected chi connectivity index (χ4v) is 4.63. The number of para-hydroxylation sites is 1. The van der Waals surface area contributed by atoms with E-state index in [9.17, 15) is 21.6 Å². The predicted molar refractivity (Wildman–Crippen MR) is 128 cm³/mol. The molecule has 0 aliphatic carbocycles. The number of methoxy groups -OCH3 is 1. The van der Waals surface area contributed by atoms with Crippen molar-refractivity contribution in [3.63, 3.8) is 0 Å². The van der Waals surface area contributed by atoms with E-state index in [0.717, 1.165) is 11.8 Å². The molecule has 3 rings (SSSR count). The van der Waals surface area contributed by atoms with Gasteiger partial charge in [0.2, 0.25) is 10.0 Å². The molecule has 0 aliphatic rings. The van der Waals surface area contributed by atoms with Crippen LogP contribution in [-0.2, 0) is 20.0 Å². The van der Waals surface area contributed by atoms with Gasteiger partial charge in [-0.25, -0.2) is 16.8 Å². The first-order valence-electron chi connectivity index (χ1n) is 9.64. The van der Waals surface area contributed by atoms with Gasteiger partial charge < -0.3 is 10.1 Å². The first-order chi connectivity index (χ1) is 15.5. The number of benzene rings is 3. The van der Waals surface area contributed by atoms with Crippen molar-refractivity contribution >= 4 is 43.0 Å². The van der Waals surface area contributed by atoms with Crippen LogP contribution in [0.2, 0.25) is 0 Å². The van der Waals surface area contributed by atoms with Crippen LogP contribution in [0.5, 0.6) is 5.75 Å². The van der Waals surface area contributed by atoms with E-state index in [1.807, 2.05) is 6.92 Å². The topological polar surface area (TPSA) is 131 Å². The normalized spacial score (nSPS) is 11.5. The first-order valence-corrected chi connectivity index (χ1v) is 13.0. The van der Waals surface area contributed by atoms with Gasteiger partial charge in [0.25, 0.3) is 15.9 Å². The number of amides is 1. The zero-order valence-electron chi connectivity index (χ0n) is 18.1. The standard InChI is InChI=1S/C22H23N3O6S2/c1-15-8-13-21(31-2)20(14-15)25-33(29,30)17-11-9-16(10-12-17)23-22(26)18-6-4-5-7-19(18)24-32(3,27)28/h4-14,24-25H,1-3H3,(H,23,26). The van der Waals surface area contributed by atoms with Crippen LogP contribution in [0.25, 0.3) is 0 Å². The SMILES string of the molecule is COc1ccc(C)cc1NS(=O)(=O)c1ccc(NC(=O)c2ccccc2NS(C)(=O)=O)cc1. The molecule has 3 N–H and O–H groups in total. The van der Waals surface area contributed by atoms with Gasteiger partial charge in [-0.1, -0.05) is 18.2 Å². The second kappa shape index (κ2) is 9.51. The Hall–Kier alpha value is -3.57. The van der Waals surface area contributed by atoms with E-state index < -0.39 is 26.0 Å². The second-order valence-electron chi connectivity index (χ2n) is 7.21. The lowest BCUT2D eigenvalue weighted by Crippen LogP contribution is -2.17. The third kappa shape index (κ3) is 6.24. The minimum Gasteiger partial charge on any atom is -0.495 e. The van der Waals surface area contributed by atoms with Gasteiger partial charge in [-0.05, 0) is 61.0 Å². The zero-order valence-corrected chi connectivity index (χ0v) is 19.7. The maximum atomic E-state index is 12.8. The Balaban J connectivity index is 1.79. The summed E-state index contributed by atoms with van der Waals surface area (Å²) in [6, 6.07) is 16.8. The van der Waals surface area contributed by atoms with Gasteiger partial charge in [0.15, 0.2) is 0 Å². The molecule has 0 fully saturated rings. The molecule has 0 bridgehead atoms. The third-order valence-corrected chi connectivity index (χ3v) is 6.46. The highest BCUT2D eigenvalue weighted by molar-refractivity contribution is 7.92. The Labute approximate surface area is 192 Å². The second-order valence-corrected chi connectivity index (χ2v) is 10.6. The molecule has 9 nitrogen and oxygen atoms in total. The molecule has 1 amide bonds. The highest BCUT2D eigenvalue weighted by atomic mass is 32.2. The molecule has 0 unspecified atom stereocenters. The number of nitrogens with one attached hydrogen (secondary N) is 3. The fourth-order valence-electron chi connectivity index (χ4n) is 2.99. The van der Waals surface area contributed by atoms with Crippen molar-refractivity contribution in [1.29, 1.82) is 0 Å². The molecule has 0 saturated carbocycles. The Morgan fingerprint density at radius 2 is 1.52 bits per heavy atom. The highest BCUT2D eigenvalue weighted by Crippen LogP contribution is 2.28. The lowest BCUT2D eigenvalue weighted by atomic mass is 10.1. The van der Waals surface area contributed by atoms with Crippen LogP contribution in [0.4, 0.5) is 17.1 Å². The highest BCUT2D eigenvalue weighted by Gasteiger charge is 2.18. The monoisotopic (exact) mass is 489 g/mol. The molecule has 0 radical (unpaired) electrons. The van der Waals surface area contributed by atoms with Gasteiger partial charge in [-0.2, -0.15) is 0 Å². The summed E-state index contributed by atoms with van der Waals surface area (Å²) in [6.07, 6.45) is 0.987. The lowest BCUT2D eigenvalue weighted by Gasteiger charge is -2.13. The van der Waals surface area contributed by atoms with Crippen molar-refractivity contribution in [1.82, 2.24) is 0 Å². The van der Waals surface area contributed by atoms with Crippen LogP contribution in [0.3, 0.4) is 0 Å². The van der Waals surface area contributed by atoms with Gasteiger partial charge in [0, 0.05) is 5.69 Å². The van der Waals surface area contributed by atoms with E-state index in [0.29, 0.717) is 17.1 Å². The number of anilines is 3. The summed E-state index contributed by atoms with van der Waals surface area (Å²) in [6.45, 7) is 1.83. The molecular weight excluding hydrogens is 466 g/mol. The molecular formula is C22H23N3O6S2. The number of aryl methyl sites for hydroxylation is 1. The van der Waals surface area contributed by atoms with Crippen molar-refractivity contribution < 1.29 is 26.4 Å². The van der Waals surface area contributed by atoms with Crippen molar-refractivity contribution in [2.75, 3.05) is 28.1 Å². The summed E-state index contributed by atoms with van der Waals surface area (Å²) in [5.41, 5.74) is 1.75. The minimum absolute atomic E-state index is 0.0109. The molecule has 3 aromatic rings. The van der Waals surface area contributed by atoms with Gasteiger partial charge in [0.05, 0.1) is 35.2 Å². The largest absolute Gasteiger partial charge is 0.495 e. The maximum Gasteiger partial charge on any atom is 0.262 e. The summed E-state index contributed by atoms with van der Waals surface area (Å²) in [5.74, 6) is -0.172. The number of hydrogen-bond donors (Lipinski definition) is 3. The molecule has 0 aliphatic heterocycles. The quantitative estimate of drug-likeness (QED) is 0.444. The molecule has 0 saturated heterocycles. The molecule has 11 heteroatoms. The summed E-state index contributed by atoms with van der Waals surface area (Å²) < 4.78 is 58.7. The van der Waals surface area contributed by atoms with E-state index in [2.05, 4.69) is 14.8 Å². The third-order valence-electron chi connectivity index (χ3n) is 4.49. The molecule has 0 aromatic heterocycles. The number of sulfonamides is 2. The van der Waals surface area contributed by atoms with Gasteiger partial charge in [0.1, 0.15) is 5.75 Å². The molecule has 0 spiro atoms. The van der Waals surface area contributed by atoms with Crippen LogP contribution in [-0.4, -0.2) is 36.1 Å². The Morgan fingerprint density at radius 3 is 2.15 bits per heavy atom. The van der Waals surface area contributed by atoms with E-state index >= 15 is 0 Å². The average molecular weight is 490 g/mol. The number of rotatable bonds is 8. The van der Waals surface area contributed by atoms with E-state index in [4.69, 9.17) is 4.74 Å². The zero-order chi connectivity index (χ0) is 24.2. The number of hydrogen-bond acceptors (Lipinski definition) is 6. The summed E-state index contributed by atoms with van der Waals surface area (Å²) in [7, 11) is -6.03. The summed E-state index contributed by atoms with van der Waals surface area (Å²) in [4.78, 5) is 12.6. The number of carbonyl (C=O) groups is 1. The molecule has 174 valence electrons. The predicted octanol–water partition coefficient (Wildman–Crippen LogP) is 3.43. The fraction of sp³-hybridized carbons (Fsp3) is 0.136. The lowest BCUT2D eigenvalue weighted by molar-refractivity contribution is 0.102. The Morgan fingerprint density at radius 1 is 0.848 bits per heavy atom. The van der Waals surface area contributed by atoms with E-state index in [1.165, 1.54) is 43.5 Å². The Bertz CT molecular complexity index is 1390. The van der Waals surface area contributed by atoms with Crippen molar-refractivity contribution in [2.24, 2.45) is 0 Å². The molecule has 3 aromatic carbocycles. The van der Waals surface area contributed by atoms with Crippen LogP contribution in [0.15, 0.2) is 71.6 Å². The van der Waals surface area contributed by atoms with Gasteiger partial charge in [-0.3, -0.25) is 14.2 Å². The van der Waals surface area contributed by atoms with Crippen LogP contribution < -0.4 is 19.5 Å². The Kier molecular flexibility index (Phi) is 6.94. The average Bonchev–Trinajstić information content (AvgIpc) is 2.73. The van der Waals surface area contributed by atoms with Crippen molar-refractivity contribution in [3.8, 4) is 5.75 Å². The first kappa shape index (κ1) is 24.1. The summed E-state index contributed by atoms with van der Waals surface area (Å²) >= 11 is 0. The van der Waals surface area contributed by atoms with Gasteiger partial charge in [-0.15, -0.1) is 0 Å². The molecule has 0 atom stereocenters. The molecule has 33 heavy (non-hydrogen) atoms. The maximum absolute atomic E-state index is 12.8. The number of ether oxygens (including phenoxy) is 1. The van der Waals surface area contributed by atoms with E-state index in [-0.39, 0.29) is 16.1 Å². The van der Waals surface area contributed by atoms with Crippen LogP contribution in [0, 0.1) is 6.92 Å². The smallest absolute Gasteiger partial charge is 0.262 e. The number of carbonyl (C=O) groups excluding carboxylic acids is 1. The van der Waals surface area contributed by atoms with Crippen LogP contribution >= 0.6 is 0 Å².